The van der Waals surface area contributed by atoms with Crippen LogP contribution < -0.4 is 0 Å². The molecule has 1 heterocycles. The van der Waals surface area contributed by atoms with Crippen molar-refractivity contribution >= 4 is 30.9 Å². The van der Waals surface area contributed by atoms with E-state index < -0.39 is 8.32 Å². The van der Waals surface area contributed by atoms with Crippen LogP contribution in [0.4, 0.5) is 0 Å². The van der Waals surface area contributed by atoms with Crippen molar-refractivity contribution in [3.05, 3.63) is 0 Å². The van der Waals surface area contributed by atoms with Crippen LogP contribution in [0.1, 0.15) is 66.2 Å². The Morgan fingerprint density at radius 2 is 1.76 bits per heavy atom. The fraction of sp³-hybridized carbons (Fsp3) is 1.00. The van der Waals surface area contributed by atoms with E-state index in [1.54, 1.807) is 0 Å². The molecule has 1 aliphatic rings. The molecule has 0 radical (unpaired) electrons. The minimum Gasteiger partial charge on any atom is -0.414 e. The lowest BCUT2D eigenvalue weighted by Crippen LogP contribution is -2.48. The maximum Gasteiger partial charge on any atom is 0.192 e. The first-order valence-electron chi connectivity index (χ1n) is 8.59. The second-order valence-electron chi connectivity index (χ2n) is 8.00. The van der Waals surface area contributed by atoms with E-state index in [2.05, 4.69) is 63.4 Å². The molecule has 3 atom stereocenters. The van der Waals surface area contributed by atoms with Crippen LogP contribution in [0.15, 0.2) is 0 Å². The first-order valence-corrected chi connectivity index (χ1v) is 13.0. The molecule has 0 unspecified atom stereocenters. The van der Waals surface area contributed by atoms with Gasteiger partial charge in [0.25, 0.3) is 0 Å². The van der Waals surface area contributed by atoms with Crippen molar-refractivity contribution in [3.63, 3.8) is 0 Å². The van der Waals surface area contributed by atoms with Gasteiger partial charge in [-0.3, -0.25) is 0 Å². The van der Waals surface area contributed by atoms with Gasteiger partial charge in [0.05, 0.1) is 18.3 Å². The molecule has 1 rings (SSSR count). The summed E-state index contributed by atoms with van der Waals surface area (Å²) in [5.41, 5.74) is 0. The van der Waals surface area contributed by atoms with Gasteiger partial charge in [-0.25, -0.2) is 0 Å². The molecule has 1 fully saturated rings. The number of unbranched alkanes of at least 4 members (excludes halogenated alkanes) is 2. The Morgan fingerprint density at radius 1 is 1.14 bits per heavy atom. The summed E-state index contributed by atoms with van der Waals surface area (Å²) in [5.74, 6) is 0. The standard InChI is InChI=1S/C17H35IO2Si/c1-7-8-9-10-14-11-15(12-16(13-18)19-14)20-21(5,6)17(2,3)4/h14-16H,7-13H2,1-6H3/t14-,15+,16-/m0/s1. The van der Waals surface area contributed by atoms with E-state index in [4.69, 9.17) is 9.16 Å². The van der Waals surface area contributed by atoms with Crippen LogP contribution >= 0.6 is 22.6 Å². The second-order valence-corrected chi connectivity index (χ2v) is 13.6. The Labute approximate surface area is 147 Å². The third kappa shape index (κ3) is 6.48. The molecule has 0 aromatic carbocycles. The number of hydrogen-bond donors (Lipinski definition) is 0. The van der Waals surface area contributed by atoms with Crippen LogP contribution in [-0.4, -0.2) is 31.1 Å². The van der Waals surface area contributed by atoms with Gasteiger partial charge in [0.2, 0.25) is 0 Å². The Morgan fingerprint density at radius 3 is 2.29 bits per heavy atom. The van der Waals surface area contributed by atoms with Crippen molar-refractivity contribution in [2.75, 3.05) is 4.43 Å². The summed E-state index contributed by atoms with van der Waals surface area (Å²) in [5, 5.41) is 0.294. The Hall–Kier alpha value is 0.867. The average Bonchev–Trinajstić information content (AvgIpc) is 2.37. The predicted octanol–water partition coefficient (Wildman–Crippen LogP) is 5.94. The molecule has 2 nitrogen and oxygen atoms in total. The minimum atomic E-state index is -1.66. The zero-order chi connectivity index (χ0) is 16.1. The van der Waals surface area contributed by atoms with E-state index in [9.17, 15) is 0 Å². The van der Waals surface area contributed by atoms with Gasteiger partial charge >= 0.3 is 0 Å². The van der Waals surface area contributed by atoms with Crippen molar-refractivity contribution in [1.29, 1.82) is 0 Å². The number of rotatable bonds is 7. The van der Waals surface area contributed by atoms with Gasteiger partial charge in [0.1, 0.15) is 0 Å². The minimum absolute atomic E-state index is 0.294. The van der Waals surface area contributed by atoms with E-state index in [0.29, 0.717) is 23.4 Å². The van der Waals surface area contributed by atoms with E-state index >= 15 is 0 Å². The molecule has 0 aliphatic carbocycles. The Balaban J connectivity index is 2.60. The van der Waals surface area contributed by atoms with Crippen LogP contribution in [0.25, 0.3) is 0 Å². The Bertz CT molecular complexity index is 302. The van der Waals surface area contributed by atoms with Gasteiger partial charge in [-0.2, -0.15) is 0 Å². The molecule has 21 heavy (non-hydrogen) atoms. The summed E-state index contributed by atoms with van der Waals surface area (Å²) < 4.78 is 14.0. The summed E-state index contributed by atoms with van der Waals surface area (Å²) in [6.45, 7) is 14.0. The fourth-order valence-electron chi connectivity index (χ4n) is 2.66. The van der Waals surface area contributed by atoms with Crippen molar-refractivity contribution < 1.29 is 9.16 Å². The highest BCUT2D eigenvalue weighted by Crippen LogP contribution is 2.39. The lowest BCUT2D eigenvalue weighted by atomic mass is 9.98. The van der Waals surface area contributed by atoms with E-state index in [-0.39, 0.29) is 0 Å². The van der Waals surface area contributed by atoms with Gasteiger partial charge in [-0.15, -0.1) is 0 Å². The van der Waals surface area contributed by atoms with Gasteiger partial charge < -0.3 is 9.16 Å². The highest BCUT2D eigenvalue weighted by molar-refractivity contribution is 14.1. The topological polar surface area (TPSA) is 18.5 Å². The first-order chi connectivity index (χ1) is 9.69. The van der Waals surface area contributed by atoms with Crippen LogP contribution in [0.5, 0.6) is 0 Å². The number of hydrogen-bond acceptors (Lipinski definition) is 2. The van der Waals surface area contributed by atoms with Gasteiger partial charge in [-0.05, 0) is 37.4 Å². The molecule has 126 valence electrons. The summed E-state index contributed by atoms with van der Waals surface area (Å²) in [4.78, 5) is 0. The van der Waals surface area contributed by atoms with Crippen LogP contribution in [-0.2, 0) is 9.16 Å². The summed E-state index contributed by atoms with van der Waals surface area (Å²) in [7, 11) is -1.66. The molecule has 1 saturated heterocycles. The van der Waals surface area contributed by atoms with Crippen molar-refractivity contribution in [2.45, 2.75) is 103 Å². The maximum absolute atomic E-state index is 6.67. The lowest BCUT2D eigenvalue weighted by Gasteiger charge is -2.43. The summed E-state index contributed by atoms with van der Waals surface area (Å²) in [6.07, 6.45) is 8.50. The second kappa shape index (κ2) is 8.64. The van der Waals surface area contributed by atoms with Crippen LogP contribution in [0, 0.1) is 0 Å². The number of alkyl halides is 1. The zero-order valence-electron chi connectivity index (χ0n) is 14.9. The highest BCUT2D eigenvalue weighted by atomic mass is 127. The first kappa shape index (κ1) is 19.9. The van der Waals surface area contributed by atoms with E-state index in [1.807, 2.05) is 0 Å². The third-order valence-electron chi connectivity index (χ3n) is 5.01. The molecule has 1 aliphatic heterocycles. The predicted molar refractivity (Wildman–Crippen MR) is 103 cm³/mol. The monoisotopic (exact) mass is 426 g/mol. The molecule has 0 aromatic rings. The van der Waals surface area contributed by atoms with E-state index in [0.717, 1.165) is 17.3 Å². The molecule has 0 aromatic heterocycles. The molecule has 0 bridgehead atoms. The molecule has 0 amide bonds. The molecule has 0 N–H and O–H groups in total. The van der Waals surface area contributed by atoms with Gasteiger partial charge in [-0.1, -0.05) is 69.5 Å². The molecular formula is C17H35IO2Si. The SMILES string of the molecule is CCCCC[C@H]1C[C@@H](O[Si](C)(C)C(C)(C)C)C[C@@H](CI)O1. The largest absolute Gasteiger partial charge is 0.414 e. The molecular weight excluding hydrogens is 391 g/mol. The quantitative estimate of drug-likeness (QED) is 0.217. The maximum atomic E-state index is 6.67. The van der Waals surface area contributed by atoms with Crippen molar-refractivity contribution in [3.8, 4) is 0 Å². The van der Waals surface area contributed by atoms with Crippen LogP contribution in [0.3, 0.4) is 0 Å². The summed E-state index contributed by atoms with van der Waals surface area (Å²) >= 11 is 2.46. The van der Waals surface area contributed by atoms with Crippen molar-refractivity contribution in [1.82, 2.24) is 0 Å². The smallest absolute Gasteiger partial charge is 0.192 e. The van der Waals surface area contributed by atoms with Gasteiger partial charge in [0, 0.05) is 4.43 Å². The number of ether oxygens (including phenoxy) is 1. The number of halogens is 1. The lowest BCUT2D eigenvalue weighted by molar-refractivity contribution is -0.0837. The van der Waals surface area contributed by atoms with Gasteiger partial charge in [0.15, 0.2) is 8.32 Å². The molecule has 4 heteroatoms. The zero-order valence-corrected chi connectivity index (χ0v) is 18.0. The molecule has 0 saturated carbocycles. The fourth-order valence-corrected chi connectivity index (χ4v) is 4.61. The molecule has 0 spiro atoms. The summed E-state index contributed by atoms with van der Waals surface area (Å²) in [6, 6.07) is 0. The van der Waals surface area contributed by atoms with Crippen molar-refractivity contribution in [2.24, 2.45) is 0 Å². The third-order valence-corrected chi connectivity index (χ3v) is 10.5. The Kier molecular flexibility index (Phi) is 8.20. The highest BCUT2D eigenvalue weighted by Gasteiger charge is 2.41. The normalized spacial score (nSPS) is 27.9. The van der Waals surface area contributed by atoms with E-state index in [1.165, 1.54) is 25.7 Å². The van der Waals surface area contributed by atoms with Crippen LogP contribution in [0.2, 0.25) is 18.1 Å². The average molecular weight is 426 g/mol.